The maximum Gasteiger partial charge on any atom is 0.303 e. The zero-order valence-corrected chi connectivity index (χ0v) is 15.6. The third-order valence-corrected chi connectivity index (χ3v) is 4.69. The second kappa shape index (κ2) is 7.74. The summed E-state index contributed by atoms with van der Waals surface area (Å²) in [5.41, 5.74) is 4.35. The van der Waals surface area contributed by atoms with Gasteiger partial charge in [-0.3, -0.25) is 4.79 Å². The molecule has 4 aromatic rings. The average Bonchev–Trinajstić information content (AvgIpc) is 3.07. The van der Waals surface area contributed by atoms with Crippen molar-refractivity contribution in [2.24, 2.45) is 0 Å². The van der Waals surface area contributed by atoms with E-state index in [2.05, 4.69) is 9.97 Å². The third kappa shape index (κ3) is 4.00. The lowest BCUT2D eigenvalue weighted by Gasteiger charge is -2.04. The van der Waals surface area contributed by atoms with E-state index in [0.717, 1.165) is 27.7 Å². The highest BCUT2D eigenvalue weighted by molar-refractivity contribution is 6.34. The average molecular weight is 393 g/mol. The summed E-state index contributed by atoms with van der Waals surface area (Å²) in [6.07, 6.45) is 0.525. The molecule has 0 aliphatic rings. The number of H-pyrrole nitrogens is 1. The van der Waals surface area contributed by atoms with E-state index in [1.54, 1.807) is 6.07 Å². The summed E-state index contributed by atoms with van der Waals surface area (Å²) in [6.45, 7) is 0. The molecule has 0 fully saturated rings. The fraction of sp³-hybridized carbons (Fsp3) is 0.0909. The van der Waals surface area contributed by atoms with Gasteiger partial charge in [-0.15, -0.1) is 0 Å². The number of ether oxygens (including phenoxy) is 1. The molecule has 6 heteroatoms. The van der Waals surface area contributed by atoms with Gasteiger partial charge in [0.2, 0.25) is 0 Å². The van der Waals surface area contributed by atoms with E-state index in [4.69, 9.17) is 21.4 Å². The highest BCUT2D eigenvalue weighted by Crippen LogP contribution is 2.33. The minimum atomic E-state index is -0.824. The summed E-state index contributed by atoms with van der Waals surface area (Å²) < 4.78 is 5.84. The number of carboxylic acids is 1. The molecule has 1 aromatic heterocycles. The van der Waals surface area contributed by atoms with E-state index >= 15 is 0 Å². The van der Waals surface area contributed by atoms with E-state index < -0.39 is 5.97 Å². The topological polar surface area (TPSA) is 75.2 Å². The first-order valence-corrected chi connectivity index (χ1v) is 9.19. The zero-order valence-electron chi connectivity index (χ0n) is 14.9. The summed E-state index contributed by atoms with van der Waals surface area (Å²) in [4.78, 5) is 18.4. The number of hydrogen-bond acceptors (Lipinski definition) is 3. The van der Waals surface area contributed by atoms with Crippen LogP contribution in [0.15, 0.2) is 66.7 Å². The number of imidazole rings is 1. The standard InChI is InChI=1S/C22H17ClN2O3/c23-18-13-20-19(12-17(18)15-6-2-1-3-7-15)24-22(25-20)28-16-8-4-5-14(11-16)9-10-21(26)27/h1-8,11-13H,9-10H2,(H,24,25)(H,26,27). The van der Waals surface area contributed by atoms with Crippen molar-refractivity contribution >= 4 is 28.6 Å². The molecule has 0 amide bonds. The molecule has 0 radical (unpaired) electrons. The molecule has 0 spiro atoms. The van der Waals surface area contributed by atoms with Crippen LogP contribution in [0.1, 0.15) is 12.0 Å². The highest BCUT2D eigenvalue weighted by Gasteiger charge is 2.11. The number of nitrogens with zero attached hydrogens (tertiary/aromatic N) is 1. The number of halogens is 1. The maximum atomic E-state index is 10.7. The van der Waals surface area contributed by atoms with Crippen LogP contribution in [0.4, 0.5) is 0 Å². The number of hydrogen-bond donors (Lipinski definition) is 2. The number of carboxylic acid groups (broad SMARTS) is 1. The second-order valence-corrected chi connectivity index (χ2v) is 6.81. The van der Waals surface area contributed by atoms with Crippen molar-refractivity contribution in [1.82, 2.24) is 9.97 Å². The van der Waals surface area contributed by atoms with Crippen LogP contribution in [0, 0.1) is 0 Å². The smallest absolute Gasteiger partial charge is 0.303 e. The largest absolute Gasteiger partial charge is 0.481 e. The summed E-state index contributed by atoms with van der Waals surface area (Å²) >= 11 is 6.45. The van der Waals surface area contributed by atoms with Crippen molar-refractivity contribution in [3.63, 3.8) is 0 Å². The molecule has 140 valence electrons. The number of aromatic nitrogens is 2. The van der Waals surface area contributed by atoms with Gasteiger partial charge in [0, 0.05) is 12.0 Å². The van der Waals surface area contributed by atoms with Gasteiger partial charge in [0.05, 0.1) is 16.1 Å². The van der Waals surface area contributed by atoms with E-state index in [1.165, 1.54) is 0 Å². The Morgan fingerprint density at radius 2 is 1.89 bits per heavy atom. The van der Waals surface area contributed by atoms with E-state index in [1.807, 2.05) is 60.7 Å². The second-order valence-electron chi connectivity index (χ2n) is 6.40. The first-order valence-electron chi connectivity index (χ1n) is 8.82. The lowest BCUT2D eigenvalue weighted by Crippen LogP contribution is -1.97. The van der Waals surface area contributed by atoms with Crippen molar-refractivity contribution in [3.05, 3.63) is 77.3 Å². The van der Waals surface area contributed by atoms with E-state index in [0.29, 0.717) is 23.2 Å². The Balaban J connectivity index is 1.60. The number of aliphatic carboxylic acids is 1. The van der Waals surface area contributed by atoms with Crippen LogP contribution in [-0.4, -0.2) is 21.0 Å². The Labute approximate surface area is 166 Å². The van der Waals surface area contributed by atoms with Crippen LogP contribution >= 0.6 is 11.6 Å². The highest BCUT2D eigenvalue weighted by atomic mass is 35.5. The molecule has 0 atom stereocenters. The lowest BCUT2D eigenvalue weighted by atomic mass is 10.1. The van der Waals surface area contributed by atoms with Crippen LogP contribution in [0.3, 0.4) is 0 Å². The van der Waals surface area contributed by atoms with Crippen molar-refractivity contribution < 1.29 is 14.6 Å². The number of carbonyl (C=O) groups is 1. The van der Waals surface area contributed by atoms with Crippen LogP contribution in [-0.2, 0) is 11.2 Å². The van der Waals surface area contributed by atoms with Gasteiger partial charge in [0.15, 0.2) is 0 Å². The van der Waals surface area contributed by atoms with Crippen LogP contribution < -0.4 is 4.74 Å². The number of rotatable bonds is 6. The molecule has 0 saturated carbocycles. The van der Waals surface area contributed by atoms with E-state index in [-0.39, 0.29) is 6.42 Å². The molecule has 0 unspecified atom stereocenters. The summed E-state index contributed by atoms with van der Waals surface area (Å²) in [5.74, 6) is -0.231. The number of fused-ring (bicyclic) bond motifs is 1. The van der Waals surface area contributed by atoms with Crippen molar-refractivity contribution in [2.75, 3.05) is 0 Å². The summed E-state index contributed by atoms with van der Waals surface area (Å²) in [6, 6.07) is 21.3. The van der Waals surface area contributed by atoms with Gasteiger partial charge in [-0.2, -0.15) is 4.98 Å². The van der Waals surface area contributed by atoms with Gasteiger partial charge < -0.3 is 14.8 Å². The molecule has 28 heavy (non-hydrogen) atoms. The normalized spacial score (nSPS) is 10.9. The number of aryl methyl sites for hydroxylation is 1. The molecule has 3 aromatic carbocycles. The first kappa shape index (κ1) is 18.1. The Hall–Kier alpha value is -3.31. The van der Waals surface area contributed by atoms with Gasteiger partial charge in [0.1, 0.15) is 5.75 Å². The number of nitrogens with one attached hydrogen (secondary N) is 1. The van der Waals surface area contributed by atoms with Crippen molar-refractivity contribution in [1.29, 1.82) is 0 Å². The van der Waals surface area contributed by atoms with Crippen molar-refractivity contribution in [2.45, 2.75) is 12.8 Å². The predicted octanol–water partition coefficient (Wildman–Crippen LogP) is 5.69. The Bertz CT molecular complexity index is 1140. The van der Waals surface area contributed by atoms with Gasteiger partial charge in [-0.05, 0) is 41.8 Å². The monoisotopic (exact) mass is 392 g/mol. The predicted molar refractivity (Wildman–Crippen MR) is 109 cm³/mol. The van der Waals surface area contributed by atoms with Gasteiger partial charge in [0.25, 0.3) is 6.01 Å². The van der Waals surface area contributed by atoms with Gasteiger partial charge >= 0.3 is 5.97 Å². The molecule has 1 heterocycles. The quantitative estimate of drug-likeness (QED) is 0.441. The molecule has 0 aliphatic heterocycles. The molecule has 0 saturated heterocycles. The molecule has 2 N–H and O–H groups in total. The maximum absolute atomic E-state index is 10.7. The van der Waals surface area contributed by atoms with Crippen molar-refractivity contribution in [3.8, 4) is 22.9 Å². The minimum Gasteiger partial charge on any atom is -0.481 e. The van der Waals surface area contributed by atoms with Gasteiger partial charge in [-0.1, -0.05) is 54.1 Å². The third-order valence-electron chi connectivity index (χ3n) is 4.37. The van der Waals surface area contributed by atoms with E-state index in [9.17, 15) is 4.79 Å². The Morgan fingerprint density at radius 3 is 2.68 bits per heavy atom. The number of benzene rings is 3. The molecular weight excluding hydrogens is 376 g/mol. The molecule has 0 bridgehead atoms. The minimum absolute atomic E-state index is 0.0782. The lowest BCUT2D eigenvalue weighted by molar-refractivity contribution is -0.136. The molecule has 4 rings (SSSR count). The van der Waals surface area contributed by atoms with Crippen LogP contribution in [0.5, 0.6) is 11.8 Å². The SMILES string of the molecule is O=C(O)CCc1cccc(Oc2nc3cc(-c4ccccc4)c(Cl)cc3[nH]2)c1. The Kier molecular flexibility index (Phi) is 5.00. The number of aromatic amines is 1. The Morgan fingerprint density at radius 1 is 1.07 bits per heavy atom. The molecule has 0 aliphatic carbocycles. The van der Waals surface area contributed by atoms with Gasteiger partial charge in [-0.25, -0.2) is 0 Å². The fourth-order valence-corrected chi connectivity index (χ4v) is 3.29. The fourth-order valence-electron chi connectivity index (χ4n) is 3.02. The molecule has 5 nitrogen and oxygen atoms in total. The summed E-state index contributed by atoms with van der Waals surface area (Å²) in [7, 11) is 0. The first-order chi connectivity index (χ1) is 13.6. The van der Waals surface area contributed by atoms with Crippen LogP contribution in [0.2, 0.25) is 5.02 Å². The zero-order chi connectivity index (χ0) is 19.5. The molecular formula is C22H17ClN2O3. The summed E-state index contributed by atoms with van der Waals surface area (Å²) in [5, 5.41) is 9.46. The van der Waals surface area contributed by atoms with Crippen LogP contribution in [0.25, 0.3) is 22.2 Å².